The normalized spacial score (nSPS) is 8.67. The fourth-order valence-corrected chi connectivity index (χ4v) is 0.867. The van der Waals surface area contributed by atoms with Crippen molar-refractivity contribution >= 4 is 11.8 Å². The van der Waals surface area contributed by atoms with Crippen LogP contribution >= 0.6 is 0 Å². The van der Waals surface area contributed by atoms with Crippen LogP contribution in [0, 0.1) is 11.8 Å². The molecule has 15 heavy (non-hydrogen) atoms. The van der Waals surface area contributed by atoms with Crippen LogP contribution in [0.1, 0.15) is 23.1 Å². The summed E-state index contributed by atoms with van der Waals surface area (Å²) in [6.07, 6.45) is 0. The lowest BCUT2D eigenvalue weighted by molar-refractivity contribution is -0.133. The molecule has 1 heterocycles. The quantitative estimate of drug-likeness (QED) is 0.385. The van der Waals surface area contributed by atoms with Gasteiger partial charge in [0.1, 0.15) is 11.4 Å². The topological polar surface area (TPSA) is 56.3 Å². The van der Waals surface area contributed by atoms with Crippen LogP contribution < -0.4 is 0 Å². The highest BCUT2D eigenvalue weighted by atomic mass is 16.5. The number of nitrogens with zero attached hydrogens (tertiary/aromatic N) is 1. The van der Waals surface area contributed by atoms with E-state index >= 15 is 0 Å². The number of pyridine rings is 1. The smallest absolute Gasteiger partial charge is 0.384 e. The lowest BCUT2D eigenvalue weighted by Crippen LogP contribution is -1.98. The van der Waals surface area contributed by atoms with Gasteiger partial charge in [0.25, 0.3) is 0 Å². The zero-order chi connectivity index (χ0) is 11.3. The lowest BCUT2D eigenvalue weighted by Gasteiger charge is -1.94. The number of Topliss-reactive ketones (excluding diaryl/α,β-unsaturated/α-hetero) is 1. The standard InChI is InChI=1S/C11H9NO3/c1-8(13)10-5-3-4-9(12-10)6-7-11(14)15-2/h3-5H,1-2H3. The third-order valence-electron chi connectivity index (χ3n) is 1.59. The van der Waals surface area contributed by atoms with Gasteiger partial charge in [0, 0.05) is 12.8 Å². The molecule has 0 aromatic carbocycles. The van der Waals surface area contributed by atoms with E-state index in [1.165, 1.54) is 14.0 Å². The van der Waals surface area contributed by atoms with E-state index in [9.17, 15) is 9.59 Å². The van der Waals surface area contributed by atoms with Gasteiger partial charge in [0.05, 0.1) is 7.11 Å². The number of methoxy groups -OCH3 is 1. The highest BCUT2D eigenvalue weighted by Crippen LogP contribution is 1.98. The van der Waals surface area contributed by atoms with Crippen molar-refractivity contribution in [3.05, 3.63) is 29.6 Å². The lowest BCUT2D eigenvalue weighted by atomic mass is 10.2. The molecular weight excluding hydrogens is 194 g/mol. The Morgan fingerprint density at radius 2 is 2.13 bits per heavy atom. The van der Waals surface area contributed by atoms with Gasteiger partial charge in [-0.3, -0.25) is 4.79 Å². The Labute approximate surface area is 87.3 Å². The number of hydrogen-bond donors (Lipinski definition) is 0. The van der Waals surface area contributed by atoms with Crippen LogP contribution in [-0.4, -0.2) is 23.8 Å². The molecule has 0 amide bonds. The van der Waals surface area contributed by atoms with E-state index in [1.807, 2.05) is 0 Å². The molecule has 1 rings (SSSR count). The fourth-order valence-electron chi connectivity index (χ4n) is 0.867. The van der Waals surface area contributed by atoms with E-state index in [4.69, 9.17) is 0 Å². The summed E-state index contributed by atoms with van der Waals surface area (Å²) < 4.78 is 4.34. The number of ether oxygens (including phenoxy) is 1. The van der Waals surface area contributed by atoms with Crippen LogP contribution in [0.25, 0.3) is 0 Å². The average Bonchev–Trinajstić information content (AvgIpc) is 2.26. The highest BCUT2D eigenvalue weighted by molar-refractivity contribution is 5.92. The molecule has 0 saturated carbocycles. The first-order valence-electron chi connectivity index (χ1n) is 4.21. The van der Waals surface area contributed by atoms with Gasteiger partial charge in [0.15, 0.2) is 5.78 Å². The maximum Gasteiger partial charge on any atom is 0.384 e. The fraction of sp³-hybridized carbons (Fsp3) is 0.182. The monoisotopic (exact) mass is 203 g/mol. The number of rotatable bonds is 1. The summed E-state index contributed by atoms with van der Waals surface area (Å²) in [6.45, 7) is 1.42. The highest BCUT2D eigenvalue weighted by Gasteiger charge is 2.00. The molecule has 0 aliphatic carbocycles. The number of carbonyl (C=O) groups excluding carboxylic acids is 2. The van der Waals surface area contributed by atoms with Crippen molar-refractivity contribution < 1.29 is 14.3 Å². The molecule has 0 bridgehead atoms. The number of carbonyl (C=O) groups is 2. The van der Waals surface area contributed by atoms with Crippen molar-refractivity contribution in [3.63, 3.8) is 0 Å². The molecule has 0 atom stereocenters. The Kier molecular flexibility index (Phi) is 3.58. The summed E-state index contributed by atoms with van der Waals surface area (Å²) in [4.78, 5) is 25.7. The predicted molar refractivity (Wildman–Crippen MR) is 53.1 cm³/mol. The second kappa shape index (κ2) is 4.91. The third-order valence-corrected chi connectivity index (χ3v) is 1.59. The van der Waals surface area contributed by atoms with Gasteiger partial charge in [-0.2, -0.15) is 0 Å². The largest absolute Gasteiger partial charge is 0.459 e. The van der Waals surface area contributed by atoms with E-state index in [0.717, 1.165) is 0 Å². The molecule has 76 valence electrons. The molecule has 0 N–H and O–H groups in total. The van der Waals surface area contributed by atoms with Crippen molar-refractivity contribution in [2.24, 2.45) is 0 Å². The molecule has 0 spiro atoms. The van der Waals surface area contributed by atoms with Crippen LogP contribution in [-0.2, 0) is 9.53 Å². The van der Waals surface area contributed by atoms with Crippen molar-refractivity contribution in [1.82, 2.24) is 4.98 Å². The third kappa shape index (κ3) is 3.24. The van der Waals surface area contributed by atoms with E-state index in [-0.39, 0.29) is 5.78 Å². The van der Waals surface area contributed by atoms with E-state index in [2.05, 4.69) is 21.6 Å². The zero-order valence-electron chi connectivity index (χ0n) is 8.40. The van der Waals surface area contributed by atoms with E-state index < -0.39 is 5.97 Å². The molecular formula is C11H9NO3. The van der Waals surface area contributed by atoms with Crippen molar-refractivity contribution in [2.75, 3.05) is 7.11 Å². The first kappa shape index (κ1) is 10.9. The van der Waals surface area contributed by atoms with Gasteiger partial charge < -0.3 is 4.74 Å². The van der Waals surface area contributed by atoms with Crippen molar-refractivity contribution in [1.29, 1.82) is 0 Å². The van der Waals surface area contributed by atoms with Crippen LogP contribution in [0.3, 0.4) is 0 Å². The van der Waals surface area contributed by atoms with Crippen LogP contribution in [0.5, 0.6) is 0 Å². The van der Waals surface area contributed by atoms with Gasteiger partial charge in [-0.1, -0.05) is 6.07 Å². The van der Waals surface area contributed by atoms with Gasteiger partial charge in [0.2, 0.25) is 0 Å². The molecule has 4 nitrogen and oxygen atoms in total. The summed E-state index contributed by atoms with van der Waals surface area (Å²) in [5.41, 5.74) is 0.694. The SMILES string of the molecule is COC(=O)C#Cc1cccc(C(C)=O)n1. The minimum atomic E-state index is -0.634. The molecule has 0 unspecified atom stereocenters. The molecule has 4 heteroatoms. The maximum absolute atomic E-state index is 11.0. The first-order valence-corrected chi connectivity index (χ1v) is 4.21. The Morgan fingerprint density at radius 1 is 1.40 bits per heavy atom. The van der Waals surface area contributed by atoms with Crippen LogP contribution in [0.4, 0.5) is 0 Å². The van der Waals surface area contributed by atoms with Crippen molar-refractivity contribution in [3.8, 4) is 11.8 Å². The molecule has 1 aromatic heterocycles. The maximum atomic E-state index is 11.0. The summed E-state index contributed by atoms with van der Waals surface area (Å²) in [6, 6.07) is 4.86. The Balaban J connectivity index is 2.95. The zero-order valence-corrected chi connectivity index (χ0v) is 8.40. The summed E-state index contributed by atoms with van der Waals surface area (Å²) in [5, 5.41) is 0. The minimum absolute atomic E-state index is 0.142. The van der Waals surface area contributed by atoms with E-state index in [1.54, 1.807) is 18.2 Å². The number of esters is 1. The molecule has 0 fully saturated rings. The van der Waals surface area contributed by atoms with E-state index in [0.29, 0.717) is 11.4 Å². The average molecular weight is 203 g/mol. The Hall–Kier alpha value is -2.15. The second-order valence-electron chi connectivity index (χ2n) is 2.71. The number of aromatic nitrogens is 1. The van der Waals surface area contributed by atoms with Gasteiger partial charge in [-0.25, -0.2) is 9.78 Å². The second-order valence-corrected chi connectivity index (χ2v) is 2.71. The molecule has 1 aromatic rings. The minimum Gasteiger partial charge on any atom is -0.459 e. The number of ketones is 1. The van der Waals surface area contributed by atoms with Crippen LogP contribution in [0.15, 0.2) is 18.2 Å². The summed E-state index contributed by atoms with van der Waals surface area (Å²) in [5.74, 6) is 3.96. The molecule has 0 aliphatic rings. The Bertz CT molecular complexity index is 454. The van der Waals surface area contributed by atoms with Crippen molar-refractivity contribution in [2.45, 2.75) is 6.92 Å². The molecule has 0 radical (unpaired) electrons. The van der Waals surface area contributed by atoms with Gasteiger partial charge in [-0.15, -0.1) is 0 Å². The summed E-state index contributed by atoms with van der Waals surface area (Å²) >= 11 is 0. The van der Waals surface area contributed by atoms with Gasteiger partial charge in [-0.05, 0) is 18.1 Å². The number of hydrogen-bond acceptors (Lipinski definition) is 4. The first-order chi connectivity index (χ1) is 7.13. The van der Waals surface area contributed by atoms with Crippen LogP contribution in [0.2, 0.25) is 0 Å². The summed E-state index contributed by atoms with van der Waals surface area (Å²) in [7, 11) is 1.25. The van der Waals surface area contributed by atoms with Gasteiger partial charge >= 0.3 is 5.97 Å². The predicted octanol–water partition coefficient (Wildman–Crippen LogP) is 0.809. The Morgan fingerprint density at radius 3 is 2.73 bits per heavy atom. The molecule has 0 aliphatic heterocycles. The molecule has 0 saturated heterocycles.